The second-order valence-electron chi connectivity index (χ2n) is 3.28. The summed E-state index contributed by atoms with van der Waals surface area (Å²) in [5.41, 5.74) is 6.77. The van der Waals surface area contributed by atoms with Gasteiger partial charge in [0.2, 0.25) is 5.88 Å². The van der Waals surface area contributed by atoms with Crippen molar-refractivity contribution < 1.29 is 5.11 Å². The van der Waals surface area contributed by atoms with Gasteiger partial charge in [-0.3, -0.25) is 4.57 Å². The van der Waals surface area contributed by atoms with Crippen molar-refractivity contribution in [2.45, 2.75) is 6.54 Å². The molecular weight excluding hydrogens is 194 g/mol. The van der Waals surface area contributed by atoms with Gasteiger partial charge in [0.1, 0.15) is 0 Å². The first-order chi connectivity index (χ1) is 7.16. The second-order valence-corrected chi connectivity index (χ2v) is 3.28. The normalized spacial score (nSPS) is 10.4. The fourth-order valence-corrected chi connectivity index (χ4v) is 1.41. The standard InChI is InChI=1S/C10H11N3O2/c11-8-3-1-2-7(4-8)6-13-9(14)5-12-10(13)15/h1-5,14H,6,11H2,(H,12,15). The van der Waals surface area contributed by atoms with Crippen LogP contribution in [-0.4, -0.2) is 14.7 Å². The number of nitrogens with zero attached hydrogens (tertiary/aromatic N) is 1. The number of hydrogen-bond acceptors (Lipinski definition) is 3. The van der Waals surface area contributed by atoms with Crippen LogP contribution in [0.25, 0.3) is 0 Å². The summed E-state index contributed by atoms with van der Waals surface area (Å²) in [5.74, 6) is -0.0811. The summed E-state index contributed by atoms with van der Waals surface area (Å²) >= 11 is 0. The lowest BCUT2D eigenvalue weighted by atomic mass is 10.2. The van der Waals surface area contributed by atoms with Gasteiger partial charge >= 0.3 is 5.69 Å². The van der Waals surface area contributed by atoms with E-state index in [2.05, 4.69) is 4.98 Å². The first-order valence-electron chi connectivity index (χ1n) is 4.48. The summed E-state index contributed by atoms with van der Waals surface area (Å²) in [4.78, 5) is 13.6. The van der Waals surface area contributed by atoms with Gasteiger partial charge in [-0.25, -0.2) is 4.79 Å². The van der Waals surface area contributed by atoms with Gasteiger partial charge in [0.05, 0.1) is 12.7 Å². The van der Waals surface area contributed by atoms with Crippen molar-refractivity contribution in [3.8, 4) is 5.88 Å². The fourth-order valence-electron chi connectivity index (χ4n) is 1.41. The lowest BCUT2D eigenvalue weighted by molar-refractivity contribution is 0.421. The molecule has 0 aliphatic heterocycles. The number of nitrogen functional groups attached to an aromatic ring is 1. The van der Waals surface area contributed by atoms with Crippen LogP contribution in [-0.2, 0) is 6.54 Å². The van der Waals surface area contributed by atoms with Gasteiger partial charge in [0.15, 0.2) is 0 Å². The van der Waals surface area contributed by atoms with Crippen LogP contribution in [0.3, 0.4) is 0 Å². The number of aromatic hydroxyl groups is 1. The molecule has 0 amide bonds. The molecule has 1 heterocycles. The predicted molar refractivity (Wildman–Crippen MR) is 56.7 cm³/mol. The van der Waals surface area contributed by atoms with E-state index in [1.54, 1.807) is 18.2 Å². The number of anilines is 1. The Morgan fingerprint density at radius 1 is 1.47 bits per heavy atom. The molecule has 4 N–H and O–H groups in total. The molecule has 0 aliphatic rings. The summed E-state index contributed by atoms with van der Waals surface area (Å²) in [6, 6.07) is 7.18. The molecule has 1 aromatic heterocycles. The summed E-state index contributed by atoms with van der Waals surface area (Å²) in [6.07, 6.45) is 1.26. The molecule has 78 valence electrons. The number of H-pyrrole nitrogens is 1. The molecule has 0 atom stereocenters. The molecule has 5 nitrogen and oxygen atoms in total. The average molecular weight is 205 g/mol. The molecular formula is C10H11N3O2. The summed E-state index contributed by atoms with van der Waals surface area (Å²) < 4.78 is 1.23. The molecule has 0 bridgehead atoms. The minimum atomic E-state index is -0.338. The molecule has 0 fully saturated rings. The van der Waals surface area contributed by atoms with Gasteiger partial charge in [-0.15, -0.1) is 0 Å². The number of aromatic amines is 1. The van der Waals surface area contributed by atoms with Crippen molar-refractivity contribution in [3.05, 3.63) is 46.5 Å². The zero-order chi connectivity index (χ0) is 10.8. The fraction of sp³-hybridized carbons (Fsp3) is 0.100. The summed E-state index contributed by atoms with van der Waals surface area (Å²) in [5, 5.41) is 9.36. The molecule has 0 saturated carbocycles. The lowest BCUT2D eigenvalue weighted by Gasteiger charge is -2.03. The van der Waals surface area contributed by atoms with Gasteiger partial charge in [-0.1, -0.05) is 12.1 Å². The van der Waals surface area contributed by atoms with E-state index < -0.39 is 0 Å². The third-order valence-corrected chi connectivity index (χ3v) is 2.14. The molecule has 2 aromatic rings. The average Bonchev–Trinajstić information content (AvgIpc) is 2.50. The molecule has 15 heavy (non-hydrogen) atoms. The maximum absolute atomic E-state index is 11.2. The van der Waals surface area contributed by atoms with E-state index in [0.29, 0.717) is 12.2 Å². The zero-order valence-electron chi connectivity index (χ0n) is 7.97. The van der Waals surface area contributed by atoms with Crippen LogP contribution >= 0.6 is 0 Å². The first kappa shape index (κ1) is 9.39. The number of imidazole rings is 1. The number of hydrogen-bond donors (Lipinski definition) is 3. The van der Waals surface area contributed by atoms with E-state index in [1.807, 2.05) is 6.07 Å². The van der Waals surface area contributed by atoms with Gasteiger partial charge in [-0.2, -0.15) is 0 Å². The number of rotatable bonds is 2. The van der Waals surface area contributed by atoms with Crippen molar-refractivity contribution in [1.82, 2.24) is 9.55 Å². The largest absolute Gasteiger partial charge is 0.493 e. The number of nitrogens with two attached hydrogens (primary N) is 1. The van der Waals surface area contributed by atoms with E-state index in [9.17, 15) is 9.90 Å². The van der Waals surface area contributed by atoms with E-state index in [4.69, 9.17) is 5.73 Å². The molecule has 5 heteroatoms. The number of aromatic nitrogens is 2. The SMILES string of the molecule is Nc1cccc(Cn2c(O)c[nH]c2=O)c1. The maximum Gasteiger partial charge on any atom is 0.328 e. The highest BCUT2D eigenvalue weighted by Gasteiger charge is 2.04. The smallest absolute Gasteiger partial charge is 0.328 e. The Balaban J connectivity index is 2.33. The number of benzene rings is 1. The van der Waals surface area contributed by atoms with E-state index in [0.717, 1.165) is 5.56 Å². The van der Waals surface area contributed by atoms with Crippen LogP contribution in [0.4, 0.5) is 5.69 Å². The highest BCUT2D eigenvalue weighted by molar-refractivity contribution is 5.40. The lowest BCUT2D eigenvalue weighted by Crippen LogP contribution is -2.17. The van der Waals surface area contributed by atoms with Gasteiger partial charge in [-0.05, 0) is 17.7 Å². The minimum Gasteiger partial charge on any atom is -0.493 e. The quantitative estimate of drug-likeness (QED) is 0.624. The van der Waals surface area contributed by atoms with Crippen molar-refractivity contribution in [1.29, 1.82) is 0 Å². The van der Waals surface area contributed by atoms with Crippen LogP contribution in [0.2, 0.25) is 0 Å². The zero-order valence-corrected chi connectivity index (χ0v) is 7.97. The molecule has 1 aromatic carbocycles. The van der Waals surface area contributed by atoms with Gasteiger partial charge in [0.25, 0.3) is 0 Å². The van der Waals surface area contributed by atoms with Crippen LogP contribution in [0, 0.1) is 0 Å². The first-order valence-corrected chi connectivity index (χ1v) is 4.48. The molecule has 0 saturated heterocycles. The van der Waals surface area contributed by atoms with Crippen molar-refractivity contribution in [2.75, 3.05) is 5.73 Å². The Labute approximate surface area is 85.8 Å². The van der Waals surface area contributed by atoms with Crippen LogP contribution < -0.4 is 11.4 Å². The van der Waals surface area contributed by atoms with E-state index >= 15 is 0 Å². The Hall–Kier alpha value is -2.17. The van der Waals surface area contributed by atoms with Crippen molar-refractivity contribution >= 4 is 5.69 Å². The molecule has 0 radical (unpaired) electrons. The Morgan fingerprint density at radius 3 is 2.87 bits per heavy atom. The predicted octanol–water partition coefficient (Wildman–Crippen LogP) is 0.512. The third kappa shape index (κ3) is 1.85. The molecule has 0 spiro atoms. The minimum absolute atomic E-state index is 0.0811. The Kier molecular flexibility index (Phi) is 2.21. The van der Waals surface area contributed by atoms with Crippen molar-refractivity contribution in [3.63, 3.8) is 0 Å². The van der Waals surface area contributed by atoms with Crippen LogP contribution in [0.1, 0.15) is 5.56 Å². The van der Waals surface area contributed by atoms with Crippen LogP contribution in [0.15, 0.2) is 35.3 Å². The highest BCUT2D eigenvalue weighted by atomic mass is 16.3. The van der Waals surface area contributed by atoms with Gasteiger partial charge < -0.3 is 15.8 Å². The van der Waals surface area contributed by atoms with Crippen molar-refractivity contribution in [2.24, 2.45) is 0 Å². The monoisotopic (exact) mass is 205 g/mol. The van der Waals surface area contributed by atoms with E-state index in [-0.39, 0.29) is 11.6 Å². The molecule has 2 rings (SSSR count). The number of nitrogens with one attached hydrogen (secondary N) is 1. The van der Waals surface area contributed by atoms with Crippen LogP contribution in [0.5, 0.6) is 5.88 Å². The maximum atomic E-state index is 11.2. The Morgan fingerprint density at radius 2 is 2.27 bits per heavy atom. The molecule has 0 unspecified atom stereocenters. The third-order valence-electron chi connectivity index (χ3n) is 2.14. The summed E-state index contributed by atoms with van der Waals surface area (Å²) in [6.45, 7) is 0.305. The Bertz CT molecular complexity index is 527. The van der Waals surface area contributed by atoms with E-state index in [1.165, 1.54) is 10.8 Å². The second kappa shape index (κ2) is 3.53. The summed E-state index contributed by atoms with van der Waals surface area (Å²) in [7, 11) is 0. The highest BCUT2D eigenvalue weighted by Crippen LogP contribution is 2.10. The topological polar surface area (TPSA) is 84.0 Å². The molecule has 0 aliphatic carbocycles. The van der Waals surface area contributed by atoms with Gasteiger partial charge in [0, 0.05) is 5.69 Å².